The molecule has 1 unspecified atom stereocenters. The van der Waals surface area contributed by atoms with E-state index in [1.165, 1.54) is 25.7 Å². The van der Waals surface area contributed by atoms with Crippen LogP contribution in [0.3, 0.4) is 0 Å². The van der Waals surface area contributed by atoms with Crippen LogP contribution in [0.4, 0.5) is 5.95 Å². The molecule has 19 heavy (non-hydrogen) atoms. The average molecular weight is 257 g/mol. The van der Waals surface area contributed by atoms with Crippen LogP contribution in [-0.2, 0) is 0 Å². The zero-order chi connectivity index (χ0) is 13.1. The Balaban J connectivity index is 1.79. The van der Waals surface area contributed by atoms with Gasteiger partial charge in [0.15, 0.2) is 0 Å². The summed E-state index contributed by atoms with van der Waals surface area (Å²) >= 11 is 0. The van der Waals surface area contributed by atoms with Crippen molar-refractivity contribution in [3.8, 4) is 6.07 Å². The van der Waals surface area contributed by atoms with Gasteiger partial charge in [-0.3, -0.25) is 0 Å². The number of anilines is 1. The van der Waals surface area contributed by atoms with E-state index in [-0.39, 0.29) is 0 Å². The van der Waals surface area contributed by atoms with E-state index in [1.54, 1.807) is 12.3 Å². The van der Waals surface area contributed by atoms with Crippen LogP contribution in [0.1, 0.15) is 31.4 Å². The molecule has 0 bridgehead atoms. The first-order chi connectivity index (χ1) is 9.31. The average Bonchev–Trinajstić information content (AvgIpc) is 2.48. The summed E-state index contributed by atoms with van der Waals surface area (Å²) in [6.45, 7) is 4.25. The maximum atomic E-state index is 8.93. The van der Waals surface area contributed by atoms with Gasteiger partial charge in [0.2, 0.25) is 5.95 Å². The van der Waals surface area contributed by atoms with E-state index in [2.05, 4.69) is 26.3 Å². The number of aromatic nitrogens is 2. The number of rotatable bonds is 1. The molecule has 2 fully saturated rings. The van der Waals surface area contributed by atoms with Crippen molar-refractivity contribution in [3.63, 3.8) is 0 Å². The second kappa shape index (κ2) is 5.14. The highest BCUT2D eigenvalue weighted by Gasteiger charge is 2.37. The number of hydrogen-bond acceptors (Lipinski definition) is 5. The fraction of sp³-hybridized carbons (Fsp3) is 0.643. The Labute approximate surface area is 113 Å². The number of nitrogens with zero attached hydrogens (tertiary/aromatic N) is 4. The van der Waals surface area contributed by atoms with Crippen LogP contribution < -0.4 is 10.2 Å². The second-order valence-electron chi connectivity index (χ2n) is 5.66. The van der Waals surface area contributed by atoms with Crippen molar-refractivity contribution < 1.29 is 0 Å². The molecule has 1 atom stereocenters. The Bertz CT molecular complexity index is 481. The van der Waals surface area contributed by atoms with Crippen LogP contribution >= 0.6 is 0 Å². The third-order valence-electron chi connectivity index (χ3n) is 4.26. The summed E-state index contributed by atoms with van der Waals surface area (Å²) in [6, 6.07) is 3.75. The molecule has 1 spiro atoms. The number of nitriles is 1. The molecule has 0 aliphatic carbocycles. The van der Waals surface area contributed by atoms with Gasteiger partial charge in [0.1, 0.15) is 11.8 Å². The Kier molecular flexibility index (Phi) is 3.34. The van der Waals surface area contributed by atoms with Crippen molar-refractivity contribution in [1.29, 1.82) is 5.26 Å². The van der Waals surface area contributed by atoms with E-state index in [1.807, 2.05) is 0 Å². The summed E-state index contributed by atoms with van der Waals surface area (Å²) in [5.41, 5.74) is 0.828. The predicted molar refractivity (Wildman–Crippen MR) is 72.7 cm³/mol. The lowest BCUT2D eigenvalue weighted by Crippen LogP contribution is -2.51. The van der Waals surface area contributed by atoms with Gasteiger partial charge in [-0.25, -0.2) is 9.97 Å². The van der Waals surface area contributed by atoms with Gasteiger partial charge in [0.25, 0.3) is 0 Å². The first-order valence-electron chi connectivity index (χ1n) is 7.00. The molecular formula is C14H19N5. The highest BCUT2D eigenvalue weighted by molar-refractivity contribution is 5.35. The van der Waals surface area contributed by atoms with Gasteiger partial charge >= 0.3 is 0 Å². The summed E-state index contributed by atoms with van der Waals surface area (Å²) in [4.78, 5) is 10.9. The van der Waals surface area contributed by atoms with Gasteiger partial charge in [-0.2, -0.15) is 5.26 Å². The van der Waals surface area contributed by atoms with Gasteiger partial charge < -0.3 is 10.2 Å². The molecule has 2 aliphatic rings. The van der Waals surface area contributed by atoms with E-state index in [0.29, 0.717) is 17.1 Å². The molecule has 5 nitrogen and oxygen atoms in total. The molecule has 0 radical (unpaired) electrons. The van der Waals surface area contributed by atoms with Gasteiger partial charge in [-0.15, -0.1) is 0 Å². The standard InChI is InChI=1S/C14H19N5/c15-9-12-3-7-17-13(18-12)19-8-2-5-14(11-19)4-1-6-16-10-14/h3,7,16H,1-2,4-6,8,10-11H2. The Morgan fingerprint density at radius 2 is 2.26 bits per heavy atom. The lowest BCUT2D eigenvalue weighted by molar-refractivity contribution is 0.172. The summed E-state index contributed by atoms with van der Waals surface area (Å²) in [7, 11) is 0. The monoisotopic (exact) mass is 257 g/mol. The lowest BCUT2D eigenvalue weighted by Gasteiger charge is -2.45. The molecule has 1 aromatic heterocycles. The van der Waals surface area contributed by atoms with E-state index in [4.69, 9.17) is 5.26 Å². The molecule has 0 amide bonds. The molecule has 5 heteroatoms. The Morgan fingerprint density at radius 1 is 1.37 bits per heavy atom. The molecule has 2 saturated heterocycles. The molecule has 3 rings (SSSR count). The molecular weight excluding hydrogens is 238 g/mol. The summed E-state index contributed by atoms with van der Waals surface area (Å²) < 4.78 is 0. The van der Waals surface area contributed by atoms with Gasteiger partial charge in [-0.05, 0) is 38.3 Å². The van der Waals surface area contributed by atoms with E-state index >= 15 is 0 Å². The molecule has 1 aromatic rings. The van der Waals surface area contributed by atoms with Crippen molar-refractivity contribution >= 4 is 5.95 Å². The third kappa shape index (κ3) is 2.54. The topological polar surface area (TPSA) is 64.8 Å². The highest BCUT2D eigenvalue weighted by Crippen LogP contribution is 2.36. The van der Waals surface area contributed by atoms with Crippen LogP contribution in [0.15, 0.2) is 12.3 Å². The van der Waals surface area contributed by atoms with Gasteiger partial charge in [0, 0.05) is 31.2 Å². The van der Waals surface area contributed by atoms with Crippen LogP contribution in [0.5, 0.6) is 0 Å². The highest BCUT2D eigenvalue weighted by atomic mass is 15.3. The number of nitrogens with one attached hydrogen (secondary N) is 1. The van der Waals surface area contributed by atoms with Crippen LogP contribution in [-0.4, -0.2) is 36.1 Å². The van der Waals surface area contributed by atoms with Crippen LogP contribution in [0, 0.1) is 16.7 Å². The molecule has 0 saturated carbocycles. The molecule has 3 heterocycles. The van der Waals surface area contributed by atoms with E-state index in [9.17, 15) is 0 Å². The van der Waals surface area contributed by atoms with Crippen LogP contribution in [0.2, 0.25) is 0 Å². The first-order valence-corrected chi connectivity index (χ1v) is 7.00. The van der Waals surface area contributed by atoms with E-state index < -0.39 is 0 Å². The Hall–Kier alpha value is -1.67. The molecule has 100 valence electrons. The zero-order valence-electron chi connectivity index (χ0n) is 11.1. The minimum atomic E-state index is 0.377. The third-order valence-corrected chi connectivity index (χ3v) is 4.26. The maximum Gasteiger partial charge on any atom is 0.226 e. The number of piperidine rings is 2. The van der Waals surface area contributed by atoms with Crippen molar-refractivity contribution in [2.24, 2.45) is 5.41 Å². The van der Waals surface area contributed by atoms with Gasteiger partial charge in [-0.1, -0.05) is 0 Å². The fourth-order valence-corrected chi connectivity index (χ4v) is 3.32. The SMILES string of the molecule is N#Cc1ccnc(N2CCCC3(CCCNC3)C2)n1. The Morgan fingerprint density at radius 3 is 3.05 bits per heavy atom. The lowest BCUT2D eigenvalue weighted by atomic mass is 9.74. The van der Waals surface area contributed by atoms with Crippen molar-refractivity contribution in [2.45, 2.75) is 25.7 Å². The van der Waals surface area contributed by atoms with Gasteiger partial charge in [0.05, 0.1) is 0 Å². The van der Waals surface area contributed by atoms with Crippen LogP contribution in [0.25, 0.3) is 0 Å². The normalized spacial score (nSPS) is 27.2. The fourth-order valence-electron chi connectivity index (χ4n) is 3.32. The smallest absolute Gasteiger partial charge is 0.226 e. The predicted octanol–water partition coefficient (Wildman–Crippen LogP) is 1.32. The molecule has 0 aromatic carbocycles. The summed E-state index contributed by atoms with van der Waals surface area (Å²) in [6.07, 6.45) is 6.69. The van der Waals surface area contributed by atoms with Crippen molar-refractivity contribution in [3.05, 3.63) is 18.0 Å². The minimum Gasteiger partial charge on any atom is -0.340 e. The quantitative estimate of drug-likeness (QED) is 0.822. The molecule has 1 N–H and O–H groups in total. The number of hydrogen-bond donors (Lipinski definition) is 1. The first kappa shape index (κ1) is 12.4. The second-order valence-corrected chi connectivity index (χ2v) is 5.66. The minimum absolute atomic E-state index is 0.377. The largest absolute Gasteiger partial charge is 0.340 e. The van der Waals surface area contributed by atoms with Crippen molar-refractivity contribution in [2.75, 3.05) is 31.1 Å². The summed E-state index contributed by atoms with van der Waals surface area (Å²) in [5, 5.41) is 12.5. The summed E-state index contributed by atoms with van der Waals surface area (Å²) in [5.74, 6) is 0.712. The molecule has 2 aliphatic heterocycles. The van der Waals surface area contributed by atoms with Crippen molar-refractivity contribution in [1.82, 2.24) is 15.3 Å². The zero-order valence-corrected chi connectivity index (χ0v) is 11.1. The van der Waals surface area contributed by atoms with E-state index in [0.717, 1.165) is 26.2 Å². The maximum absolute atomic E-state index is 8.93.